The molecule has 2 nitrogen and oxygen atoms in total. The summed E-state index contributed by atoms with van der Waals surface area (Å²) in [6.07, 6.45) is 0. The number of carbonyl (C=O) groups is 1. The maximum atomic E-state index is 9.76. The van der Waals surface area contributed by atoms with Crippen LogP contribution in [-0.4, -0.2) is 19.8 Å². The van der Waals surface area contributed by atoms with E-state index in [-0.39, 0.29) is 36.7 Å². The Morgan fingerprint density at radius 1 is 2.00 bits per heavy atom. The molecule has 0 N–H and O–H groups in total. The van der Waals surface area contributed by atoms with Gasteiger partial charge in [0.15, 0.2) is 0 Å². The van der Waals surface area contributed by atoms with E-state index in [1.165, 1.54) is 0 Å². The molecular weight excluding hydrogens is 122 g/mol. The van der Waals surface area contributed by atoms with Crippen LogP contribution in [0.2, 0.25) is 0 Å². The molecule has 0 saturated carbocycles. The van der Waals surface area contributed by atoms with Crippen LogP contribution in [0.3, 0.4) is 0 Å². The van der Waals surface area contributed by atoms with Gasteiger partial charge >= 0.3 is 37.6 Å². The van der Waals surface area contributed by atoms with Gasteiger partial charge in [-0.15, -0.1) is 0 Å². The van der Waals surface area contributed by atoms with E-state index < -0.39 is 5.97 Å². The van der Waals surface area contributed by atoms with Crippen LogP contribution in [0, 0.1) is 0 Å². The maximum Gasteiger partial charge on any atom is 1.00 e. The normalized spacial score (nSPS) is 6.43. The van der Waals surface area contributed by atoms with Gasteiger partial charge in [-0.3, -0.25) is 4.79 Å². The molecule has 0 aromatic rings. The Kier molecular flexibility index (Phi) is 10.6. The topological polar surface area (TPSA) is 26.3 Å². The summed E-state index contributed by atoms with van der Waals surface area (Å²) in [7, 11) is 4.38. The van der Waals surface area contributed by atoms with Crippen LogP contribution in [0.4, 0.5) is 0 Å². The minimum atomic E-state index is -0.515. The van der Waals surface area contributed by atoms with Crippen LogP contribution in [0.25, 0.3) is 0 Å². The van der Waals surface area contributed by atoms with Gasteiger partial charge in [-0.25, -0.2) is 0 Å². The fraction of sp³-hybridized carbons (Fsp3) is 0.500. The average molecular weight is 126 g/mol. The third-order valence-corrected chi connectivity index (χ3v) is 0.519. The second-order valence-corrected chi connectivity index (χ2v) is 0.964. The van der Waals surface area contributed by atoms with Crippen molar-refractivity contribution in [2.75, 3.05) is 5.75 Å². The Labute approximate surface area is 72.6 Å². The number of rotatable bonds is 1. The van der Waals surface area contributed by atoms with E-state index in [0.717, 1.165) is 0 Å². The van der Waals surface area contributed by atoms with Crippen LogP contribution < -0.4 is 29.6 Å². The molecule has 0 aliphatic carbocycles. The van der Waals surface area contributed by atoms with E-state index >= 15 is 0 Å². The quantitative estimate of drug-likeness (QED) is 0.293. The van der Waals surface area contributed by atoms with Crippen LogP contribution in [-0.2, 0) is 9.45 Å². The van der Waals surface area contributed by atoms with E-state index in [0.29, 0.717) is 0 Å². The molecule has 34 valence electrons. The monoisotopic (exact) mass is 126 g/mol. The Bertz CT molecular complexity index is 58.0. The summed E-state index contributed by atoms with van der Waals surface area (Å²) in [4.78, 5) is 9.76. The minimum Gasteiger partial charge on any atom is -1.00 e. The fourth-order valence-electron chi connectivity index (χ4n) is 0.0373. The first kappa shape index (κ1) is 10.8. The zero-order valence-corrected chi connectivity index (χ0v) is 6.94. The molecule has 0 rings (SSSR count). The second kappa shape index (κ2) is 6.88. The maximum absolute atomic E-state index is 9.76. The Morgan fingerprint density at radius 2 is 2.43 bits per heavy atom. The van der Waals surface area contributed by atoms with Gasteiger partial charge in [0.25, 0.3) is 5.97 Å². The van der Waals surface area contributed by atoms with E-state index in [1.807, 2.05) is 0 Å². The summed E-state index contributed by atoms with van der Waals surface area (Å²) in [5, 5.41) is 0. The van der Waals surface area contributed by atoms with Crippen molar-refractivity contribution in [1.29, 1.82) is 0 Å². The molecule has 0 aromatic heterocycles. The summed E-state index contributed by atoms with van der Waals surface area (Å²) in [5.74, 6) is -0.477. The van der Waals surface area contributed by atoms with Crippen LogP contribution in [0.5, 0.6) is 0 Å². The van der Waals surface area contributed by atoms with Crippen molar-refractivity contribution in [3.8, 4) is 0 Å². The van der Waals surface area contributed by atoms with Crippen molar-refractivity contribution in [3.05, 3.63) is 0 Å². The zero-order valence-electron chi connectivity index (χ0n) is 5.05. The third-order valence-electron chi connectivity index (χ3n) is 0.261. The third kappa shape index (κ3) is 6.88. The zero-order chi connectivity index (χ0) is 4.99. The molecule has 0 saturated heterocycles. The first-order valence-electron chi connectivity index (χ1n) is 1.31. The Hall–Kier alpha value is 0.885. The summed E-state index contributed by atoms with van der Waals surface area (Å²) >= 11 is 3.54. The van der Waals surface area contributed by atoms with Gasteiger partial charge in [0, 0.05) is 0 Å². The number of hydrogen-bond acceptors (Lipinski definition) is 3. The van der Waals surface area contributed by atoms with Gasteiger partial charge < -0.3 is 6.08 Å². The molecule has 2 radical (unpaired) electrons. The van der Waals surface area contributed by atoms with Crippen LogP contribution in [0.1, 0.15) is 1.43 Å². The fourth-order valence-corrected chi connectivity index (χ4v) is 0.112. The smallest absolute Gasteiger partial charge is 1.00 e. The standard InChI is InChI=1S/C2H3BO2S.Na.H/c3-5-2(4)1-6;;/h6H,1H2;;/q;+1;-1. The Balaban J connectivity index is -0.000000125. The largest absolute Gasteiger partial charge is 1.00 e. The van der Waals surface area contributed by atoms with Gasteiger partial charge in [0.05, 0.1) is 5.75 Å². The molecule has 0 heterocycles. The van der Waals surface area contributed by atoms with Crippen molar-refractivity contribution in [2.45, 2.75) is 0 Å². The summed E-state index contributed by atoms with van der Waals surface area (Å²) in [5.41, 5.74) is 0. The predicted molar refractivity (Wildman–Crippen MR) is 26.8 cm³/mol. The van der Waals surface area contributed by atoms with Gasteiger partial charge in [0.2, 0.25) is 0 Å². The molecule has 7 heavy (non-hydrogen) atoms. The van der Waals surface area contributed by atoms with E-state index in [4.69, 9.17) is 0 Å². The van der Waals surface area contributed by atoms with Gasteiger partial charge in [-0.2, -0.15) is 12.6 Å². The molecule has 5 heteroatoms. The van der Waals surface area contributed by atoms with Crippen molar-refractivity contribution < 1.29 is 40.4 Å². The molecule has 0 atom stereocenters. The van der Waals surface area contributed by atoms with E-state index in [1.54, 1.807) is 0 Å². The SMILES string of the molecule is [B]OC(=O)CS.[H-].[Na+]. The van der Waals surface area contributed by atoms with Crippen molar-refractivity contribution in [3.63, 3.8) is 0 Å². The summed E-state index contributed by atoms with van der Waals surface area (Å²) < 4.78 is 3.68. The second-order valence-electron chi connectivity index (χ2n) is 0.648. The number of carbonyl (C=O) groups excluding carboxylic acids is 1. The molecular formula is C2H4BNaO2S. The molecule has 0 amide bonds. The molecule has 0 aliphatic rings. The van der Waals surface area contributed by atoms with Crippen LogP contribution >= 0.6 is 12.6 Å². The van der Waals surface area contributed by atoms with E-state index in [2.05, 4.69) is 25.3 Å². The van der Waals surface area contributed by atoms with Crippen molar-refractivity contribution >= 4 is 26.6 Å². The number of hydrogen-bond donors (Lipinski definition) is 1. The Morgan fingerprint density at radius 3 is 2.43 bits per heavy atom. The molecule has 0 aromatic carbocycles. The summed E-state index contributed by atoms with van der Waals surface area (Å²) in [6, 6.07) is 0. The van der Waals surface area contributed by atoms with Crippen LogP contribution in [0.15, 0.2) is 0 Å². The molecule has 0 aliphatic heterocycles. The predicted octanol–water partition coefficient (Wildman–Crippen LogP) is -3.34. The first-order valence-corrected chi connectivity index (χ1v) is 1.95. The van der Waals surface area contributed by atoms with E-state index in [9.17, 15) is 4.79 Å². The molecule has 0 fully saturated rings. The summed E-state index contributed by atoms with van der Waals surface area (Å²) in [6.45, 7) is 0. The first-order chi connectivity index (χ1) is 2.81. The molecule has 0 unspecified atom stereocenters. The molecule has 0 spiro atoms. The average Bonchev–Trinajstić information content (AvgIpc) is 1.65. The molecule has 0 bridgehead atoms. The van der Waals surface area contributed by atoms with Crippen molar-refractivity contribution in [1.82, 2.24) is 0 Å². The number of thiol groups is 1. The van der Waals surface area contributed by atoms with Gasteiger partial charge in [-0.1, -0.05) is 0 Å². The van der Waals surface area contributed by atoms with Gasteiger partial charge in [-0.05, 0) is 0 Å². The minimum absolute atomic E-state index is 0. The van der Waals surface area contributed by atoms with Crippen molar-refractivity contribution in [2.24, 2.45) is 0 Å². The van der Waals surface area contributed by atoms with Gasteiger partial charge in [0.1, 0.15) is 0 Å².